The van der Waals surface area contributed by atoms with Crippen LogP contribution < -0.4 is 5.32 Å². The van der Waals surface area contributed by atoms with E-state index in [1.54, 1.807) is 19.1 Å². The molecule has 0 saturated heterocycles. The van der Waals surface area contributed by atoms with Crippen LogP contribution in [0.2, 0.25) is 0 Å². The van der Waals surface area contributed by atoms with Crippen LogP contribution in [0, 0.1) is 6.92 Å². The summed E-state index contributed by atoms with van der Waals surface area (Å²) in [4.78, 5) is 19.4. The number of aromatic nitrogens is 3. The maximum atomic E-state index is 11.2. The minimum absolute atomic E-state index is 0.395. The van der Waals surface area contributed by atoms with Gasteiger partial charge >= 0.3 is 5.97 Å². The first-order chi connectivity index (χ1) is 9.19. The first-order valence-electron chi connectivity index (χ1n) is 5.72. The zero-order valence-electron chi connectivity index (χ0n) is 10.7. The van der Waals surface area contributed by atoms with Crippen LogP contribution in [-0.2, 0) is 17.8 Å². The van der Waals surface area contributed by atoms with E-state index in [9.17, 15) is 4.79 Å². The van der Waals surface area contributed by atoms with Gasteiger partial charge in [-0.25, -0.2) is 4.79 Å². The molecule has 0 spiro atoms. The number of methoxy groups -OCH3 is 1. The molecule has 0 amide bonds. The van der Waals surface area contributed by atoms with Gasteiger partial charge in [-0.3, -0.25) is 4.98 Å². The molecule has 7 heteroatoms. The molecule has 2 heterocycles. The van der Waals surface area contributed by atoms with Gasteiger partial charge in [-0.05, 0) is 19.1 Å². The first-order valence-corrected chi connectivity index (χ1v) is 5.72. The van der Waals surface area contributed by atoms with Gasteiger partial charge in [0.15, 0.2) is 5.82 Å². The average Bonchev–Trinajstić information content (AvgIpc) is 2.84. The summed E-state index contributed by atoms with van der Waals surface area (Å²) in [6, 6.07) is 3.44. The number of carbonyl (C=O) groups excluding carboxylic acids is 1. The molecule has 0 radical (unpaired) electrons. The third kappa shape index (κ3) is 3.59. The van der Waals surface area contributed by atoms with Crippen LogP contribution in [0.3, 0.4) is 0 Å². The molecule has 1 N–H and O–H groups in total. The second-order valence-corrected chi connectivity index (χ2v) is 3.87. The van der Waals surface area contributed by atoms with E-state index in [-0.39, 0.29) is 0 Å². The normalized spacial score (nSPS) is 10.4. The third-order valence-electron chi connectivity index (χ3n) is 2.40. The van der Waals surface area contributed by atoms with Crippen LogP contribution in [0.4, 0.5) is 0 Å². The average molecular weight is 262 g/mol. The van der Waals surface area contributed by atoms with E-state index in [0.29, 0.717) is 30.4 Å². The summed E-state index contributed by atoms with van der Waals surface area (Å²) in [5, 5.41) is 6.81. The Bertz CT molecular complexity index is 550. The van der Waals surface area contributed by atoms with Crippen LogP contribution in [0.5, 0.6) is 0 Å². The molecule has 0 aliphatic carbocycles. The van der Waals surface area contributed by atoms with E-state index in [2.05, 4.69) is 25.2 Å². The number of esters is 1. The Hall–Kier alpha value is -2.28. The summed E-state index contributed by atoms with van der Waals surface area (Å²) in [7, 11) is 1.34. The molecule has 2 aromatic rings. The van der Waals surface area contributed by atoms with Gasteiger partial charge in [-0.1, -0.05) is 5.16 Å². The quantitative estimate of drug-likeness (QED) is 0.799. The molecule has 0 aliphatic rings. The summed E-state index contributed by atoms with van der Waals surface area (Å²) in [6.07, 6.45) is 1.49. The van der Waals surface area contributed by atoms with Gasteiger partial charge in [0.25, 0.3) is 0 Å². The fraction of sp³-hybridized carbons (Fsp3) is 0.333. The van der Waals surface area contributed by atoms with Gasteiger partial charge in [0, 0.05) is 12.7 Å². The van der Waals surface area contributed by atoms with Gasteiger partial charge in [0.1, 0.15) is 0 Å². The predicted octanol–water partition coefficient (Wildman–Crippen LogP) is 0.849. The fourth-order valence-corrected chi connectivity index (χ4v) is 1.48. The number of aryl methyl sites for hydroxylation is 1. The zero-order chi connectivity index (χ0) is 13.7. The summed E-state index contributed by atoms with van der Waals surface area (Å²) in [5.41, 5.74) is 1.24. The number of hydrogen-bond donors (Lipinski definition) is 1. The van der Waals surface area contributed by atoms with Crippen molar-refractivity contribution in [2.45, 2.75) is 20.0 Å². The molecule has 0 saturated carbocycles. The maximum Gasteiger partial charge on any atom is 0.339 e. The topological polar surface area (TPSA) is 90.1 Å². The van der Waals surface area contributed by atoms with Crippen LogP contribution in [0.25, 0.3) is 0 Å². The molecule has 7 nitrogen and oxygen atoms in total. The van der Waals surface area contributed by atoms with Gasteiger partial charge in [-0.2, -0.15) is 4.98 Å². The van der Waals surface area contributed by atoms with Crippen molar-refractivity contribution < 1.29 is 14.1 Å². The second-order valence-electron chi connectivity index (χ2n) is 3.87. The number of rotatable bonds is 5. The fourth-order valence-electron chi connectivity index (χ4n) is 1.48. The Morgan fingerprint density at radius 3 is 2.84 bits per heavy atom. The summed E-state index contributed by atoms with van der Waals surface area (Å²) >= 11 is 0. The second kappa shape index (κ2) is 6.05. The molecular formula is C12H14N4O3. The van der Waals surface area contributed by atoms with Crippen molar-refractivity contribution in [3.05, 3.63) is 41.3 Å². The predicted molar refractivity (Wildman–Crippen MR) is 65.2 cm³/mol. The lowest BCUT2D eigenvalue weighted by Crippen LogP contribution is -2.14. The lowest BCUT2D eigenvalue weighted by Gasteiger charge is -2.02. The Morgan fingerprint density at radius 2 is 2.26 bits per heavy atom. The number of nitrogens with zero attached hydrogens (tertiary/aromatic N) is 3. The molecule has 2 rings (SSSR count). The number of pyridine rings is 1. The molecule has 19 heavy (non-hydrogen) atoms. The molecule has 100 valence electrons. The summed E-state index contributed by atoms with van der Waals surface area (Å²) in [5.74, 6) is 0.745. The highest BCUT2D eigenvalue weighted by Crippen LogP contribution is 2.02. The lowest BCUT2D eigenvalue weighted by atomic mass is 10.2. The Morgan fingerprint density at radius 1 is 1.42 bits per heavy atom. The van der Waals surface area contributed by atoms with E-state index >= 15 is 0 Å². The van der Waals surface area contributed by atoms with Gasteiger partial charge in [0.2, 0.25) is 5.89 Å². The van der Waals surface area contributed by atoms with E-state index in [0.717, 1.165) is 5.69 Å². The summed E-state index contributed by atoms with van der Waals surface area (Å²) in [6.45, 7) is 2.78. The Kier molecular flexibility index (Phi) is 4.19. The van der Waals surface area contributed by atoms with E-state index < -0.39 is 5.97 Å². The highest BCUT2D eigenvalue weighted by Gasteiger charge is 2.06. The minimum atomic E-state index is -0.395. The van der Waals surface area contributed by atoms with E-state index in [4.69, 9.17) is 4.52 Å². The highest BCUT2D eigenvalue weighted by atomic mass is 16.5. The van der Waals surface area contributed by atoms with Crippen molar-refractivity contribution >= 4 is 5.97 Å². The van der Waals surface area contributed by atoms with Gasteiger partial charge in [0.05, 0.1) is 24.9 Å². The van der Waals surface area contributed by atoms with E-state index in [1.807, 2.05) is 0 Å². The summed E-state index contributed by atoms with van der Waals surface area (Å²) < 4.78 is 9.56. The van der Waals surface area contributed by atoms with Gasteiger partial charge < -0.3 is 14.6 Å². The van der Waals surface area contributed by atoms with Crippen molar-refractivity contribution in [1.29, 1.82) is 0 Å². The van der Waals surface area contributed by atoms with Crippen LogP contribution >= 0.6 is 0 Å². The molecule has 0 atom stereocenters. The van der Waals surface area contributed by atoms with Crippen LogP contribution in [-0.4, -0.2) is 28.2 Å². The van der Waals surface area contributed by atoms with E-state index in [1.165, 1.54) is 13.3 Å². The number of nitrogens with one attached hydrogen (secondary N) is 1. The Labute approximate surface area is 110 Å². The van der Waals surface area contributed by atoms with Crippen molar-refractivity contribution in [2.24, 2.45) is 0 Å². The maximum absolute atomic E-state index is 11.2. The lowest BCUT2D eigenvalue weighted by molar-refractivity contribution is 0.0600. The molecule has 0 aliphatic heterocycles. The molecule has 0 fully saturated rings. The van der Waals surface area contributed by atoms with Crippen molar-refractivity contribution in [3.8, 4) is 0 Å². The number of hydrogen-bond acceptors (Lipinski definition) is 7. The van der Waals surface area contributed by atoms with Crippen molar-refractivity contribution in [3.63, 3.8) is 0 Å². The zero-order valence-corrected chi connectivity index (χ0v) is 10.7. The van der Waals surface area contributed by atoms with Crippen LogP contribution in [0.1, 0.15) is 27.8 Å². The largest absolute Gasteiger partial charge is 0.465 e. The molecular weight excluding hydrogens is 248 g/mol. The first kappa shape index (κ1) is 13.2. The smallest absolute Gasteiger partial charge is 0.339 e. The molecule has 0 bridgehead atoms. The van der Waals surface area contributed by atoms with Crippen molar-refractivity contribution in [2.75, 3.05) is 7.11 Å². The molecule has 0 aromatic carbocycles. The third-order valence-corrected chi connectivity index (χ3v) is 2.40. The van der Waals surface area contributed by atoms with Crippen molar-refractivity contribution in [1.82, 2.24) is 20.4 Å². The minimum Gasteiger partial charge on any atom is -0.465 e. The number of ether oxygens (including phenoxy) is 1. The highest BCUT2D eigenvalue weighted by molar-refractivity contribution is 5.88. The van der Waals surface area contributed by atoms with Gasteiger partial charge in [-0.15, -0.1) is 0 Å². The molecule has 2 aromatic heterocycles. The number of carbonyl (C=O) groups is 1. The van der Waals surface area contributed by atoms with Crippen LogP contribution in [0.15, 0.2) is 22.9 Å². The Balaban J connectivity index is 1.84. The molecule has 0 unspecified atom stereocenters. The standard InChI is InChI=1S/C12H14N4O3/c1-8-15-11(19-16-8)7-13-6-10-4-3-9(5-14-10)12(17)18-2/h3-5,13H,6-7H2,1-2H3. The monoisotopic (exact) mass is 262 g/mol. The SMILES string of the molecule is COC(=O)c1ccc(CNCc2nc(C)no2)nc1.